The van der Waals surface area contributed by atoms with Crippen molar-refractivity contribution >= 4 is 11.4 Å². The molecule has 1 aliphatic heterocycles. The molecule has 2 aromatic carbocycles. The average Bonchev–Trinajstić information content (AvgIpc) is 3.84. The van der Waals surface area contributed by atoms with E-state index in [9.17, 15) is 5.53 Å². The Morgan fingerprint density at radius 1 is 0.309 bits per heavy atom. The van der Waals surface area contributed by atoms with Gasteiger partial charge in [0.2, 0.25) is 11.4 Å². The van der Waals surface area contributed by atoms with E-state index in [0.29, 0.717) is 0 Å². The third-order valence-electron chi connectivity index (χ3n) is 17.2. The average molecular weight is 1160 g/mol. The van der Waals surface area contributed by atoms with E-state index in [2.05, 4.69) is 104 Å². The number of unbranched alkanes of at least 4 members (excludes halogenated alkanes) is 46. The summed E-state index contributed by atoms with van der Waals surface area (Å²) in [6.07, 6.45) is 74.9. The zero-order valence-electron chi connectivity index (χ0n) is 55.4. The molecular formula is C78H138N2Ni. The molecule has 2 nitrogen and oxygen atoms in total. The minimum atomic E-state index is 0. The molecule has 3 heteroatoms. The molecule has 0 unspecified atom stereocenters. The number of aryl methyl sites for hydroxylation is 2. The minimum Gasteiger partial charge on any atom is -0.493 e. The molecule has 0 atom stereocenters. The fourth-order valence-corrected chi connectivity index (χ4v) is 12.0. The van der Waals surface area contributed by atoms with Crippen molar-refractivity contribution in [1.29, 1.82) is 0 Å². The van der Waals surface area contributed by atoms with E-state index in [0.717, 1.165) is 61.0 Å². The zero-order valence-corrected chi connectivity index (χ0v) is 56.4. The van der Waals surface area contributed by atoms with Crippen molar-refractivity contribution in [2.45, 2.75) is 388 Å². The monoisotopic (exact) mass is 1160 g/mol. The van der Waals surface area contributed by atoms with Crippen LogP contribution in [0.15, 0.2) is 59.7 Å². The molecule has 0 amide bonds. The first kappa shape index (κ1) is 79.0. The number of rotatable bonds is 54. The summed E-state index contributed by atoms with van der Waals surface area (Å²) in [5.41, 5.74) is 21.2. The molecule has 0 aliphatic carbocycles. The second-order valence-corrected chi connectivity index (χ2v) is 25.0. The van der Waals surface area contributed by atoms with Crippen LogP contribution in [0.5, 0.6) is 0 Å². The van der Waals surface area contributed by atoms with Gasteiger partial charge in [-0.3, -0.25) is 0 Å². The molecule has 470 valence electrons. The first-order valence-electron chi connectivity index (χ1n) is 36.1. The van der Waals surface area contributed by atoms with Gasteiger partial charge in [0, 0.05) is 22.3 Å². The van der Waals surface area contributed by atoms with E-state index in [1.165, 1.54) is 335 Å². The summed E-state index contributed by atoms with van der Waals surface area (Å²) < 4.78 is 1.52. The van der Waals surface area contributed by atoms with Crippen molar-refractivity contribution in [3.8, 4) is 0 Å². The normalized spacial score (nSPS) is 12.2. The minimum absolute atomic E-state index is 0. The molecule has 81 heavy (non-hydrogen) atoms. The van der Waals surface area contributed by atoms with Crippen molar-refractivity contribution in [3.63, 3.8) is 0 Å². The molecule has 0 bridgehead atoms. The van der Waals surface area contributed by atoms with Gasteiger partial charge < -0.3 is 19.4 Å². The van der Waals surface area contributed by atoms with E-state index in [1.54, 1.807) is 0 Å². The maximum atomic E-state index is 11.7. The van der Waals surface area contributed by atoms with Gasteiger partial charge in [0.1, 0.15) is 0 Å². The summed E-state index contributed by atoms with van der Waals surface area (Å²) >= 11 is 0. The first-order chi connectivity index (χ1) is 39.4. The fraction of sp³-hybridized carbons (Fsp3) is 0.769. The fourth-order valence-electron chi connectivity index (χ4n) is 12.0. The Kier molecular flexibility index (Phi) is 59.6. The van der Waals surface area contributed by atoms with E-state index >= 15 is 0 Å². The predicted molar refractivity (Wildman–Crippen MR) is 363 cm³/mol. The zero-order chi connectivity index (χ0) is 58.0. The number of hydrogen-bond donors (Lipinski definition) is 0. The van der Waals surface area contributed by atoms with Crippen LogP contribution in [0.2, 0.25) is 0 Å². The van der Waals surface area contributed by atoms with Gasteiger partial charge in [-0.15, -0.1) is 0 Å². The Balaban J connectivity index is 0.00000122. The quantitative estimate of drug-likeness (QED) is 0.0273. The third-order valence-corrected chi connectivity index (χ3v) is 17.2. The van der Waals surface area contributed by atoms with Crippen LogP contribution in [-0.2, 0) is 22.9 Å². The summed E-state index contributed by atoms with van der Waals surface area (Å²) in [5, 5.41) is 0. The van der Waals surface area contributed by atoms with Crippen LogP contribution in [0.3, 0.4) is 0 Å². The van der Waals surface area contributed by atoms with Gasteiger partial charge in [-0.25, -0.2) is 4.70 Å². The predicted octanol–water partition coefficient (Wildman–Crippen LogP) is 28.1. The first-order valence-corrected chi connectivity index (χ1v) is 36.1. The Morgan fingerprint density at radius 3 is 0.901 bits per heavy atom. The topological polar surface area (TPSA) is 25.3 Å². The maximum absolute atomic E-state index is 11.7. The molecule has 0 saturated carbocycles. The molecule has 0 saturated heterocycles. The number of allylic oxidation sites excluding steroid dienone is 2. The van der Waals surface area contributed by atoms with Crippen LogP contribution >= 0.6 is 0 Å². The molecule has 0 radical (unpaired) electrons. The molecule has 3 rings (SSSR count). The Bertz CT molecular complexity index is 1640. The smallest absolute Gasteiger partial charge is 0.493 e. The molecule has 1 heterocycles. The van der Waals surface area contributed by atoms with Crippen molar-refractivity contribution < 1.29 is 21.2 Å². The van der Waals surface area contributed by atoms with E-state index in [4.69, 9.17) is 0 Å². The Hall–Kier alpha value is -1.99. The molecule has 0 aromatic heterocycles. The summed E-state index contributed by atoms with van der Waals surface area (Å²) in [5.74, 6) is 0. The van der Waals surface area contributed by atoms with Crippen LogP contribution in [0.1, 0.15) is 397 Å². The third kappa shape index (κ3) is 44.2. The van der Waals surface area contributed by atoms with Gasteiger partial charge in [-0.2, -0.15) is 12.8 Å². The van der Waals surface area contributed by atoms with Gasteiger partial charge in [0.25, 0.3) is 0 Å². The van der Waals surface area contributed by atoms with Crippen molar-refractivity contribution in [3.05, 3.63) is 101 Å². The summed E-state index contributed by atoms with van der Waals surface area (Å²) in [6.45, 7) is 21.3. The summed E-state index contributed by atoms with van der Waals surface area (Å²) in [6, 6.07) is 17.5. The SMILES string of the molecule is CCCCCCCCC1=C(c2cccc(CCCC)c2)[N+](=[N-])C(c2cccc(C)c2)=C1CCC.[CH2-]CCCCCCCCCCCCCCCCCCCCCC.[CH2-]CCCCCCCCCCCCCCCCCCCCCC.[Ni+2]. The van der Waals surface area contributed by atoms with Crippen LogP contribution < -0.4 is 0 Å². The van der Waals surface area contributed by atoms with Gasteiger partial charge in [0.15, 0.2) is 0 Å². The van der Waals surface area contributed by atoms with Crippen molar-refractivity contribution in [1.82, 2.24) is 0 Å². The molecular weight excluding hydrogens is 1020 g/mol. The number of hydrogen-bond acceptors (Lipinski definition) is 0. The second kappa shape index (κ2) is 61.1. The van der Waals surface area contributed by atoms with Crippen LogP contribution in [0, 0.1) is 20.8 Å². The maximum Gasteiger partial charge on any atom is 2.00 e. The van der Waals surface area contributed by atoms with Crippen LogP contribution in [0.25, 0.3) is 16.9 Å². The van der Waals surface area contributed by atoms with Gasteiger partial charge in [-0.05, 0) is 68.9 Å². The van der Waals surface area contributed by atoms with Gasteiger partial charge in [-0.1, -0.05) is 366 Å². The Morgan fingerprint density at radius 2 is 0.593 bits per heavy atom. The molecule has 0 N–H and O–H groups in total. The molecule has 0 spiro atoms. The van der Waals surface area contributed by atoms with Crippen molar-refractivity contribution in [2.75, 3.05) is 0 Å². The molecule has 0 fully saturated rings. The second-order valence-electron chi connectivity index (χ2n) is 25.0. The van der Waals surface area contributed by atoms with Gasteiger partial charge in [0.05, 0.1) is 0 Å². The van der Waals surface area contributed by atoms with Crippen LogP contribution in [0.4, 0.5) is 0 Å². The number of nitrogens with zero attached hydrogens (tertiary/aromatic N) is 2. The van der Waals surface area contributed by atoms with Gasteiger partial charge >= 0.3 is 16.5 Å². The Labute approximate surface area is 519 Å². The van der Waals surface area contributed by atoms with E-state index in [-0.39, 0.29) is 16.5 Å². The van der Waals surface area contributed by atoms with E-state index in [1.807, 2.05) is 0 Å². The summed E-state index contributed by atoms with van der Waals surface area (Å²) in [4.78, 5) is 0. The largest absolute Gasteiger partial charge is 2.00 e. The standard InChI is InChI=1S/C32H44N2.2C23H47.Ni/c1-5-8-10-11-12-13-22-30-29(16-7-3)31(27-20-14-17-25(4)23-27)34(33)32(30)28-21-15-19-26(24-28)18-9-6-2;2*1-3-5-7-9-11-13-15-17-19-21-23-22-20-18-16-14-12-10-8-6-4-2;/h14-15,17,19-21,23-24H,5-13,16,18,22H2,1-4H3;2*1,3-23H2,2H3;/q;2*-1;+2. The van der Waals surface area contributed by atoms with E-state index < -0.39 is 0 Å². The number of benzene rings is 2. The molecule has 2 aromatic rings. The molecule has 1 aliphatic rings. The van der Waals surface area contributed by atoms with Crippen molar-refractivity contribution in [2.24, 2.45) is 0 Å². The van der Waals surface area contributed by atoms with Crippen LogP contribution in [-0.4, -0.2) is 4.70 Å². The summed E-state index contributed by atoms with van der Waals surface area (Å²) in [7, 11) is 0.